The van der Waals surface area contributed by atoms with Crippen LogP contribution >= 0.6 is 11.6 Å². The summed E-state index contributed by atoms with van der Waals surface area (Å²) in [4.78, 5) is 28.5. The van der Waals surface area contributed by atoms with Crippen molar-refractivity contribution >= 4 is 40.6 Å². The topological polar surface area (TPSA) is 97.6 Å². The van der Waals surface area contributed by atoms with E-state index >= 15 is 0 Å². The van der Waals surface area contributed by atoms with E-state index in [1.165, 1.54) is 6.92 Å². The molecule has 0 spiro atoms. The number of hydrogen-bond acceptors (Lipinski definition) is 6. The molecule has 0 aliphatic heterocycles. The number of halogens is 1. The Bertz CT molecular complexity index is 906. The summed E-state index contributed by atoms with van der Waals surface area (Å²) in [6, 6.07) is 3.52. The smallest absolute Gasteiger partial charge is 0.311 e. The average molecular weight is 406 g/mol. The normalized spacial score (nSPS) is 26.2. The van der Waals surface area contributed by atoms with Crippen molar-refractivity contribution in [3.8, 4) is 0 Å². The van der Waals surface area contributed by atoms with Crippen molar-refractivity contribution < 1.29 is 14.3 Å². The number of ether oxygens (including phenoxy) is 1. The quantitative estimate of drug-likeness (QED) is 0.741. The van der Waals surface area contributed by atoms with E-state index in [1.54, 1.807) is 10.6 Å². The zero-order valence-electron chi connectivity index (χ0n) is 15.9. The third-order valence-electron chi connectivity index (χ3n) is 5.87. The summed E-state index contributed by atoms with van der Waals surface area (Å²) in [6.07, 6.45) is 4.30. The maximum Gasteiger partial charge on any atom is 0.311 e. The van der Waals surface area contributed by atoms with Gasteiger partial charge in [-0.2, -0.15) is 4.98 Å². The number of nitrogens with one attached hydrogen (secondary N) is 2. The van der Waals surface area contributed by atoms with Gasteiger partial charge in [-0.1, -0.05) is 0 Å². The Labute approximate surface area is 168 Å². The second-order valence-corrected chi connectivity index (χ2v) is 7.89. The fraction of sp³-hybridized carbons (Fsp3) is 0.579. The molecule has 5 rings (SSSR count). The van der Waals surface area contributed by atoms with Crippen molar-refractivity contribution in [3.05, 3.63) is 17.4 Å². The van der Waals surface area contributed by atoms with Crippen LogP contribution in [0.3, 0.4) is 0 Å². The molecule has 2 aromatic heterocycles. The van der Waals surface area contributed by atoms with Gasteiger partial charge in [-0.05, 0) is 68.2 Å². The van der Waals surface area contributed by atoms with E-state index in [0.29, 0.717) is 35.6 Å². The molecule has 0 saturated heterocycles. The SMILES string of the molecule is CCOC(=O)[C@@H]1C2CCC(CC2)[C@H]1Nc1nc(Cl)nn2c(NC(C)=O)ccc12. The lowest BCUT2D eigenvalue weighted by atomic mass is 9.61. The van der Waals surface area contributed by atoms with Gasteiger partial charge in [0.05, 0.1) is 12.5 Å². The Morgan fingerprint density at radius 3 is 2.64 bits per heavy atom. The van der Waals surface area contributed by atoms with E-state index in [9.17, 15) is 9.59 Å². The number of carbonyl (C=O) groups excluding carboxylic acids is 2. The number of anilines is 2. The number of rotatable bonds is 5. The predicted octanol–water partition coefficient (Wildman–Crippen LogP) is 3.12. The van der Waals surface area contributed by atoms with Crippen LogP contribution < -0.4 is 10.6 Å². The fourth-order valence-corrected chi connectivity index (χ4v) is 4.90. The van der Waals surface area contributed by atoms with E-state index in [2.05, 4.69) is 20.7 Å². The molecule has 3 aliphatic carbocycles. The van der Waals surface area contributed by atoms with Crippen LogP contribution in [0.1, 0.15) is 39.5 Å². The molecule has 0 aromatic carbocycles. The number of esters is 1. The Balaban J connectivity index is 1.69. The van der Waals surface area contributed by atoms with Crippen LogP contribution in [-0.2, 0) is 14.3 Å². The van der Waals surface area contributed by atoms with Crippen molar-refractivity contribution in [2.45, 2.75) is 45.6 Å². The van der Waals surface area contributed by atoms with Crippen LogP contribution in [0.15, 0.2) is 12.1 Å². The first kappa shape index (κ1) is 19.0. The van der Waals surface area contributed by atoms with E-state index in [0.717, 1.165) is 25.7 Å². The Kier molecular flexibility index (Phi) is 5.14. The first-order chi connectivity index (χ1) is 13.5. The molecule has 0 unspecified atom stereocenters. The van der Waals surface area contributed by atoms with E-state index < -0.39 is 0 Å². The van der Waals surface area contributed by atoms with E-state index in [1.807, 2.05) is 13.0 Å². The van der Waals surface area contributed by atoms with Crippen LogP contribution in [0.2, 0.25) is 5.28 Å². The monoisotopic (exact) mass is 405 g/mol. The Morgan fingerprint density at radius 2 is 1.96 bits per heavy atom. The van der Waals surface area contributed by atoms with Gasteiger partial charge in [-0.25, -0.2) is 4.52 Å². The zero-order valence-corrected chi connectivity index (χ0v) is 16.7. The van der Waals surface area contributed by atoms with Gasteiger partial charge in [0, 0.05) is 13.0 Å². The third kappa shape index (κ3) is 3.41. The van der Waals surface area contributed by atoms with Gasteiger partial charge in [0.15, 0.2) is 5.82 Å². The first-order valence-electron chi connectivity index (χ1n) is 9.74. The predicted molar refractivity (Wildman–Crippen MR) is 105 cm³/mol. The van der Waals surface area contributed by atoms with E-state index in [-0.39, 0.29) is 29.1 Å². The van der Waals surface area contributed by atoms with Crippen molar-refractivity contribution in [3.63, 3.8) is 0 Å². The molecule has 2 bridgehead atoms. The molecular weight excluding hydrogens is 382 g/mol. The molecule has 3 saturated carbocycles. The van der Waals surface area contributed by atoms with Gasteiger partial charge in [0.1, 0.15) is 11.3 Å². The van der Waals surface area contributed by atoms with Gasteiger partial charge < -0.3 is 15.4 Å². The number of amides is 1. The van der Waals surface area contributed by atoms with Crippen LogP contribution in [0.5, 0.6) is 0 Å². The van der Waals surface area contributed by atoms with Crippen molar-refractivity contribution in [2.24, 2.45) is 17.8 Å². The summed E-state index contributed by atoms with van der Waals surface area (Å²) in [5, 5.41) is 10.5. The van der Waals surface area contributed by atoms with Gasteiger partial charge in [-0.3, -0.25) is 9.59 Å². The summed E-state index contributed by atoms with van der Waals surface area (Å²) >= 11 is 6.15. The molecular formula is C19H24ClN5O3. The highest BCUT2D eigenvalue weighted by atomic mass is 35.5. The zero-order chi connectivity index (χ0) is 19.8. The first-order valence-corrected chi connectivity index (χ1v) is 10.1. The number of hydrogen-bond donors (Lipinski definition) is 2. The lowest BCUT2D eigenvalue weighted by molar-refractivity contribution is -0.154. The minimum atomic E-state index is -0.198. The molecule has 0 radical (unpaired) electrons. The summed E-state index contributed by atoms with van der Waals surface area (Å²) in [6.45, 7) is 3.64. The molecule has 8 nitrogen and oxygen atoms in total. The summed E-state index contributed by atoms with van der Waals surface area (Å²) in [5.74, 6) is 1.27. The molecule has 9 heteroatoms. The molecule has 3 fully saturated rings. The van der Waals surface area contributed by atoms with Crippen molar-refractivity contribution in [1.82, 2.24) is 14.6 Å². The minimum absolute atomic E-state index is 0.0552. The standard InChI is InChI=1S/C19H24ClN5O3/c1-3-28-18(27)15-11-4-6-12(7-5-11)16(15)22-17-13-8-9-14(21-10(2)26)25(13)24-19(20)23-17/h8-9,11-12,15-16H,3-7H2,1-2H3,(H,21,26)(H,22,23,24)/t11?,12?,15-,16-/m1/s1. The van der Waals surface area contributed by atoms with Crippen LogP contribution in [0.4, 0.5) is 11.6 Å². The number of nitrogens with zero attached hydrogens (tertiary/aromatic N) is 3. The summed E-state index contributed by atoms with van der Waals surface area (Å²) in [5.41, 5.74) is 0.692. The Hall–Kier alpha value is -2.35. The molecule has 150 valence electrons. The molecule has 3 aliphatic rings. The summed E-state index contributed by atoms with van der Waals surface area (Å²) in [7, 11) is 0. The van der Waals surface area contributed by atoms with Crippen molar-refractivity contribution in [2.75, 3.05) is 17.2 Å². The minimum Gasteiger partial charge on any atom is -0.466 e. The Morgan fingerprint density at radius 1 is 1.25 bits per heavy atom. The highest BCUT2D eigenvalue weighted by molar-refractivity contribution is 6.28. The van der Waals surface area contributed by atoms with Crippen LogP contribution in [-0.4, -0.2) is 39.1 Å². The molecule has 2 N–H and O–H groups in total. The van der Waals surface area contributed by atoms with Gasteiger partial charge in [-0.15, -0.1) is 5.10 Å². The second kappa shape index (κ2) is 7.58. The third-order valence-corrected chi connectivity index (χ3v) is 6.03. The van der Waals surface area contributed by atoms with Gasteiger partial charge >= 0.3 is 5.97 Å². The molecule has 1 amide bonds. The van der Waals surface area contributed by atoms with Crippen molar-refractivity contribution in [1.29, 1.82) is 0 Å². The molecule has 2 aromatic rings. The second-order valence-electron chi connectivity index (χ2n) is 7.55. The number of fused-ring (bicyclic) bond motifs is 4. The average Bonchev–Trinajstić information content (AvgIpc) is 3.05. The lowest BCUT2D eigenvalue weighted by Crippen LogP contribution is -2.52. The lowest BCUT2D eigenvalue weighted by Gasteiger charge is -2.47. The molecule has 28 heavy (non-hydrogen) atoms. The number of aromatic nitrogens is 3. The maximum absolute atomic E-state index is 12.7. The highest BCUT2D eigenvalue weighted by Crippen LogP contribution is 2.47. The maximum atomic E-state index is 12.7. The van der Waals surface area contributed by atoms with E-state index in [4.69, 9.17) is 16.3 Å². The molecule has 2 atom stereocenters. The highest BCUT2D eigenvalue weighted by Gasteiger charge is 2.48. The molecule has 2 heterocycles. The largest absolute Gasteiger partial charge is 0.466 e. The van der Waals surface area contributed by atoms with Crippen LogP contribution in [0, 0.1) is 17.8 Å². The van der Waals surface area contributed by atoms with Gasteiger partial charge in [0.25, 0.3) is 0 Å². The van der Waals surface area contributed by atoms with Crippen LogP contribution in [0.25, 0.3) is 5.52 Å². The number of carbonyl (C=O) groups is 2. The fourth-order valence-electron chi connectivity index (χ4n) is 4.74. The van der Waals surface area contributed by atoms with Gasteiger partial charge in [0.2, 0.25) is 11.2 Å². The summed E-state index contributed by atoms with van der Waals surface area (Å²) < 4.78 is 6.93.